The lowest BCUT2D eigenvalue weighted by molar-refractivity contribution is 0.0878. The number of carbonyl (C=O) groups excluding carboxylic acids is 1. The molecule has 32 heavy (non-hydrogen) atoms. The number of aliphatic hydroxyl groups is 1. The van der Waals surface area contributed by atoms with Crippen molar-refractivity contribution >= 4 is 11.7 Å². The number of halogens is 2. The average Bonchev–Trinajstić information content (AvgIpc) is 2.74. The number of amides is 2. The number of nitrogens with zero attached hydrogens (tertiary/aromatic N) is 1. The maximum absolute atomic E-state index is 14.0. The number of benzene rings is 2. The third kappa shape index (κ3) is 4.08. The van der Waals surface area contributed by atoms with Crippen LogP contribution in [-0.4, -0.2) is 22.2 Å². The van der Waals surface area contributed by atoms with Crippen molar-refractivity contribution in [2.24, 2.45) is 0 Å². The molecule has 0 fully saturated rings. The highest BCUT2D eigenvalue weighted by atomic mass is 19.2. The fourth-order valence-electron chi connectivity index (χ4n) is 4.36. The molecule has 0 radical (unpaired) electrons. The summed E-state index contributed by atoms with van der Waals surface area (Å²) in [5.74, 6) is -1.97. The number of carbonyl (C=O) groups is 1. The molecule has 0 unspecified atom stereocenters. The van der Waals surface area contributed by atoms with Gasteiger partial charge in [-0.1, -0.05) is 44.2 Å². The van der Waals surface area contributed by atoms with Gasteiger partial charge in [-0.05, 0) is 53.6 Å². The highest BCUT2D eigenvalue weighted by Gasteiger charge is 2.40. The van der Waals surface area contributed by atoms with E-state index < -0.39 is 35.2 Å². The smallest absolute Gasteiger partial charge is 0.319 e. The fraction of sp³-hybridized carbons (Fsp3) is 0.280. The monoisotopic (exact) mass is 437 g/mol. The predicted octanol–water partition coefficient (Wildman–Crippen LogP) is 5.24. The van der Waals surface area contributed by atoms with Crippen molar-refractivity contribution in [3.63, 3.8) is 0 Å². The van der Waals surface area contributed by atoms with Crippen molar-refractivity contribution in [1.29, 1.82) is 0 Å². The van der Waals surface area contributed by atoms with Crippen LogP contribution in [-0.2, 0) is 5.41 Å². The van der Waals surface area contributed by atoms with Crippen molar-refractivity contribution in [3.8, 4) is 11.3 Å². The molecule has 2 atom stereocenters. The summed E-state index contributed by atoms with van der Waals surface area (Å²) in [4.78, 5) is 17.4. The molecular formula is C25H25F2N3O2. The average molecular weight is 437 g/mol. The van der Waals surface area contributed by atoms with E-state index in [1.165, 1.54) is 0 Å². The molecule has 5 nitrogen and oxygen atoms in total. The zero-order valence-electron chi connectivity index (χ0n) is 18.1. The van der Waals surface area contributed by atoms with E-state index in [1.807, 2.05) is 51.1 Å². The van der Waals surface area contributed by atoms with Crippen LogP contribution in [0, 0.1) is 18.6 Å². The van der Waals surface area contributed by atoms with Crippen LogP contribution in [0.4, 0.5) is 19.3 Å². The molecule has 1 heterocycles. The van der Waals surface area contributed by atoms with Crippen molar-refractivity contribution in [3.05, 3.63) is 83.1 Å². The summed E-state index contributed by atoms with van der Waals surface area (Å²) in [6.07, 6.45) is 0.995. The van der Waals surface area contributed by atoms with Crippen molar-refractivity contribution in [1.82, 2.24) is 10.3 Å². The van der Waals surface area contributed by atoms with Gasteiger partial charge in [0.15, 0.2) is 11.6 Å². The molecule has 0 saturated carbocycles. The third-order valence-electron chi connectivity index (χ3n) is 5.99. The van der Waals surface area contributed by atoms with Crippen LogP contribution in [0.25, 0.3) is 11.3 Å². The van der Waals surface area contributed by atoms with Gasteiger partial charge in [-0.3, -0.25) is 4.98 Å². The largest absolute Gasteiger partial charge is 0.391 e. The van der Waals surface area contributed by atoms with Crippen molar-refractivity contribution in [2.45, 2.75) is 44.8 Å². The molecular weight excluding hydrogens is 412 g/mol. The maximum Gasteiger partial charge on any atom is 0.319 e. The molecule has 1 aliphatic carbocycles. The van der Waals surface area contributed by atoms with Crippen LogP contribution >= 0.6 is 0 Å². The Morgan fingerprint density at radius 1 is 1.12 bits per heavy atom. The highest BCUT2D eigenvalue weighted by Crippen LogP contribution is 2.42. The summed E-state index contributed by atoms with van der Waals surface area (Å²) in [5.41, 5.74) is 3.16. The van der Waals surface area contributed by atoms with Gasteiger partial charge in [0.1, 0.15) is 0 Å². The van der Waals surface area contributed by atoms with Crippen LogP contribution < -0.4 is 10.6 Å². The van der Waals surface area contributed by atoms with Gasteiger partial charge in [0.2, 0.25) is 0 Å². The van der Waals surface area contributed by atoms with Crippen LogP contribution in [0.5, 0.6) is 0 Å². The Morgan fingerprint density at radius 3 is 2.53 bits per heavy atom. The highest BCUT2D eigenvalue weighted by molar-refractivity contribution is 5.94. The first kappa shape index (κ1) is 21.9. The second kappa shape index (κ2) is 8.31. The molecule has 2 aromatic carbocycles. The summed E-state index contributed by atoms with van der Waals surface area (Å²) in [5, 5.41) is 16.3. The van der Waals surface area contributed by atoms with Gasteiger partial charge < -0.3 is 15.7 Å². The number of hydrogen-bond acceptors (Lipinski definition) is 3. The molecule has 0 bridgehead atoms. The Hall–Kier alpha value is -3.32. The van der Waals surface area contributed by atoms with E-state index in [2.05, 4.69) is 15.6 Å². The van der Waals surface area contributed by atoms with Gasteiger partial charge in [0, 0.05) is 11.8 Å². The Balaban J connectivity index is 1.64. The minimum Gasteiger partial charge on any atom is -0.391 e. The standard InChI is InChI=1S/C25H25F2N3O2/c1-14-9-10-28-22(15-7-5-4-6-8-15)21(14)29-24(32)30-23-16-11-18(26)19(27)12-17(16)25(2,3)13-20(23)31/h4-12,20,23,31H,13H2,1-3H3,(H2,29,30,32)/t20-,23-/m1/s1. The number of fused-ring (bicyclic) bond motifs is 1. The molecule has 3 N–H and O–H groups in total. The number of nitrogens with one attached hydrogen (secondary N) is 2. The summed E-state index contributed by atoms with van der Waals surface area (Å²) in [6, 6.07) is 12.0. The molecule has 3 aromatic rings. The molecule has 1 aliphatic rings. The summed E-state index contributed by atoms with van der Waals surface area (Å²) < 4.78 is 28.0. The number of hydrogen-bond donors (Lipinski definition) is 3. The first-order valence-corrected chi connectivity index (χ1v) is 10.4. The lowest BCUT2D eigenvalue weighted by Crippen LogP contribution is -2.45. The van der Waals surface area contributed by atoms with Gasteiger partial charge in [-0.15, -0.1) is 0 Å². The third-order valence-corrected chi connectivity index (χ3v) is 5.99. The summed E-state index contributed by atoms with van der Waals surface area (Å²) >= 11 is 0. The molecule has 166 valence electrons. The Kier molecular flexibility index (Phi) is 5.69. The van der Waals surface area contributed by atoms with E-state index in [-0.39, 0.29) is 6.42 Å². The minimum absolute atomic E-state index is 0.289. The van der Waals surface area contributed by atoms with Gasteiger partial charge in [-0.2, -0.15) is 0 Å². The molecule has 0 saturated heterocycles. The SMILES string of the molecule is Cc1ccnc(-c2ccccc2)c1NC(=O)N[C@@H]1c2cc(F)c(F)cc2C(C)(C)C[C@H]1O. The molecule has 0 aliphatic heterocycles. The Labute approximate surface area is 185 Å². The second-order valence-corrected chi connectivity index (χ2v) is 8.80. The molecule has 4 rings (SSSR count). The topological polar surface area (TPSA) is 74.2 Å². The normalized spacial score (nSPS) is 19.2. The number of aromatic nitrogens is 1. The molecule has 2 amide bonds. The molecule has 7 heteroatoms. The van der Waals surface area contributed by atoms with E-state index in [9.17, 15) is 18.7 Å². The van der Waals surface area contributed by atoms with Crippen LogP contribution in [0.3, 0.4) is 0 Å². The van der Waals surface area contributed by atoms with Crippen molar-refractivity contribution in [2.75, 3.05) is 5.32 Å². The first-order valence-electron chi connectivity index (χ1n) is 10.4. The Bertz CT molecular complexity index is 1170. The maximum atomic E-state index is 14.0. The first-order chi connectivity index (χ1) is 15.2. The quantitative estimate of drug-likeness (QED) is 0.525. The number of anilines is 1. The number of rotatable bonds is 3. The van der Waals surface area contributed by atoms with Crippen molar-refractivity contribution < 1.29 is 18.7 Å². The lowest BCUT2D eigenvalue weighted by atomic mass is 9.69. The van der Waals surface area contributed by atoms with Gasteiger partial charge in [0.05, 0.1) is 23.5 Å². The van der Waals surface area contributed by atoms with E-state index in [4.69, 9.17) is 0 Å². The minimum atomic E-state index is -1.02. The number of aliphatic hydroxyl groups excluding tert-OH is 1. The number of urea groups is 1. The zero-order chi connectivity index (χ0) is 23.0. The summed E-state index contributed by atoms with van der Waals surface area (Å²) in [7, 11) is 0. The molecule has 1 aromatic heterocycles. The predicted molar refractivity (Wildman–Crippen MR) is 119 cm³/mol. The Morgan fingerprint density at radius 2 is 1.81 bits per heavy atom. The van der Waals surface area contributed by atoms with Gasteiger partial charge in [-0.25, -0.2) is 13.6 Å². The second-order valence-electron chi connectivity index (χ2n) is 8.80. The van der Waals surface area contributed by atoms with E-state index in [0.717, 1.165) is 23.3 Å². The summed E-state index contributed by atoms with van der Waals surface area (Å²) in [6.45, 7) is 5.57. The van der Waals surface area contributed by atoms with Gasteiger partial charge in [0.25, 0.3) is 0 Å². The van der Waals surface area contributed by atoms with Crippen LogP contribution in [0.2, 0.25) is 0 Å². The molecule has 0 spiro atoms. The zero-order valence-corrected chi connectivity index (χ0v) is 18.1. The van der Waals surface area contributed by atoms with Crippen LogP contribution in [0.15, 0.2) is 54.7 Å². The van der Waals surface area contributed by atoms with E-state index >= 15 is 0 Å². The lowest BCUT2D eigenvalue weighted by Gasteiger charge is -2.40. The fourth-order valence-corrected chi connectivity index (χ4v) is 4.36. The van der Waals surface area contributed by atoms with E-state index in [0.29, 0.717) is 22.5 Å². The number of pyridine rings is 1. The number of aryl methyl sites for hydroxylation is 1. The van der Waals surface area contributed by atoms with E-state index in [1.54, 1.807) is 12.3 Å². The van der Waals surface area contributed by atoms with Crippen LogP contribution in [0.1, 0.15) is 43.0 Å². The van der Waals surface area contributed by atoms with Gasteiger partial charge >= 0.3 is 6.03 Å².